The van der Waals surface area contributed by atoms with Crippen molar-refractivity contribution in [2.24, 2.45) is 0 Å². The Morgan fingerprint density at radius 2 is 1.72 bits per heavy atom. The van der Waals surface area contributed by atoms with Crippen LogP contribution in [0.3, 0.4) is 0 Å². The van der Waals surface area contributed by atoms with Gasteiger partial charge in [0.05, 0.1) is 7.11 Å². The SMILES string of the molecule is [2H]C([2H])([2H])C([2H])(N(CCC(c1ccccc1)c1cc(C)ccc1OC)C([2H])(C([2H])([2H])[2H])C([2H])([2H])[2H])C([2H])([2H])[2H]. The molecule has 1 atom stereocenters. The normalized spacial score (nSPS) is 24.0. The molecule has 0 aliphatic rings. The highest BCUT2D eigenvalue weighted by Gasteiger charge is 2.21. The molecule has 0 saturated carbocycles. The lowest BCUT2D eigenvalue weighted by Crippen LogP contribution is -2.38. The molecule has 2 nitrogen and oxygen atoms in total. The fraction of sp³-hybridized carbons (Fsp3) is 0.478. The van der Waals surface area contributed by atoms with Gasteiger partial charge in [0, 0.05) is 42.7 Å². The number of rotatable bonds is 8. The van der Waals surface area contributed by atoms with Crippen LogP contribution in [0.4, 0.5) is 0 Å². The Labute approximate surface area is 173 Å². The lowest BCUT2D eigenvalue weighted by Gasteiger charge is -2.32. The fourth-order valence-corrected chi connectivity index (χ4v) is 2.91. The predicted molar refractivity (Wildman–Crippen MR) is 108 cm³/mol. The Bertz CT molecular complexity index is 1040. The number of methoxy groups -OCH3 is 1. The summed E-state index contributed by atoms with van der Waals surface area (Å²) in [4.78, 5) is 0.0260. The highest BCUT2D eigenvalue weighted by Crippen LogP contribution is 2.35. The summed E-state index contributed by atoms with van der Waals surface area (Å²) in [6.45, 7) is -13.9. The van der Waals surface area contributed by atoms with Crippen LogP contribution in [0, 0.1) is 6.92 Å². The van der Waals surface area contributed by atoms with Crippen LogP contribution >= 0.6 is 0 Å². The maximum absolute atomic E-state index is 8.72. The quantitative estimate of drug-likeness (QED) is 0.608. The van der Waals surface area contributed by atoms with E-state index in [0.717, 1.165) is 5.56 Å². The molecule has 0 aliphatic carbocycles. The number of hydrogen-bond acceptors (Lipinski definition) is 2. The molecule has 1 unspecified atom stereocenters. The monoisotopic (exact) mass is 353 g/mol. The average molecular weight is 354 g/mol. The number of benzene rings is 2. The van der Waals surface area contributed by atoms with Gasteiger partial charge in [-0.2, -0.15) is 0 Å². The van der Waals surface area contributed by atoms with Crippen molar-refractivity contribution in [2.45, 2.75) is 58.7 Å². The second-order valence-corrected chi connectivity index (χ2v) is 5.85. The first-order valence-electron chi connectivity index (χ1n) is 15.0. The van der Waals surface area contributed by atoms with E-state index in [2.05, 4.69) is 0 Å². The lowest BCUT2D eigenvalue weighted by atomic mass is 9.86. The lowest BCUT2D eigenvalue weighted by molar-refractivity contribution is 0.170. The van der Waals surface area contributed by atoms with E-state index in [-0.39, 0.29) is 11.3 Å². The Hall–Kier alpha value is -1.80. The van der Waals surface area contributed by atoms with E-state index in [0.29, 0.717) is 16.9 Å². The molecule has 0 N–H and O–H groups in total. The summed E-state index contributed by atoms with van der Waals surface area (Å²) in [7, 11) is 1.44. The Morgan fingerprint density at radius 3 is 2.32 bits per heavy atom. The molecule has 0 amide bonds. The van der Waals surface area contributed by atoms with Crippen molar-refractivity contribution in [1.29, 1.82) is 0 Å². The number of aryl methyl sites for hydroxylation is 1. The van der Waals surface area contributed by atoms with Crippen LogP contribution in [0.1, 0.15) is 75.6 Å². The van der Waals surface area contributed by atoms with E-state index in [1.807, 2.05) is 6.92 Å². The van der Waals surface area contributed by atoms with Crippen LogP contribution < -0.4 is 4.74 Å². The van der Waals surface area contributed by atoms with Crippen LogP contribution in [0.2, 0.25) is 0 Å². The number of ether oxygens (including phenoxy) is 1. The molecule has 2 rings (SSSR count). The maximum Gasteiger partial charge on any atom is 0.122 e. The minimum absolute atomic E-state index is 0.0260. The summed E-state index contributed by atoms with van der Waals surface area (Å²) >= 11 is 0. The maximum atomic E-state index is 8.72. The van der Waals surface area contributed by atoms with Crippen molar-refractivity contribution >= 4 is 0 Å². The molecule has 0 bridgehead atoms. The van der Waals surface area contributed by atoms with Gasteiger partial charge >= 0.3 is 0 Å². The summed E-state index contributed by atoms with van der Waals surface area (Å²) in [5, 5.41) is 0. The van der Waals surface area contributed by atoms with Crippen LogP contribution in [0.15, 0.2) is 48.5 Å². The van der Waals surface area contributed by atoms with Crippen molar-refractivity contribution in [3.63, 3.8) is 0 Å². The van der Waals surface area contributed by atoms with Crippen molar-refractivity contribution in [2.75, 3.05) is 13.7 Å². The summed E-state index contributed by atoms with van der Waals surface area (Å²) in [5.74, 6) is -0.230. The predicted octanol–water partition coefficient (Wildman–Crippen LogP) is 5.64. The van der Waals surface area contributed by atoms with E-state index >= 15 is 0 Å². The molecular formula is C23H33NO. The van der Waals surface area contributed by atoms with Gasteiger partial charge < -0.3 is 4.74 Å². The third kappa shape index (κ3) is 5.09. The highest BCUT2D eigenvalue weighted by atomic mass is 16.5. The second kappa shape index (κ2) is 9.05. The van der Waals surface area contributed by atoms with E-state index in [9.17, 15) is 0 Å². The molecule has 136 valence electrons. The van der Waals surface area contributed by atoms with E-state index in [1.54, 1.807) is 48.5 Å². The standard InChI is InChI=1S/C23H33NO/c1-17(2)24(18(3)4)15-14-21(20-10-8-7-9-11-20)22-16-19(5)12-13-23(22)25-6/h7-13,16-18,21H,14-15H2,1-6H3/i1D3,2D3,3D3,4D3,17D,18D. The van der Waals surface area contributed by atoms with Gasteiger partial charge in [0.1, 0.15) is 5.75 Å². The fourth-order valence-electron chi connectivity index (χ4n) is 2.91. The molecular weight excluding hydrogens is 306 g/mol. The summed E-state index contributed by atoms with van der Waals surface area (Å²) < 4.78 is 118. The third-order valence-electron chi connectivity index (χ3n) is 4.14. The molecule has 0 saturated heterocycles. The van der Waals surface area contributed by atoms with Gasteiger partial charge in [0.25, 0.3) is 0 Å². The molecule has 2 heteroatoms. The van der Waals surface area contributed by atoms with Gasteiger partial charge in [0.2, 0.25) is 0 Å². The first kappa shape index (κ1) is 7.84. The van der Waals surface area contributed by atoms with Gasteiger partial charge in [-0.1, -0.05) is 48.0 Å². The van der Waals surface area contributed by atoms with Gasteiger partial charge in [-0.15, -0.1) is 0 Å². The number of hydrogen-bond donors (Lipinski definition) is 0. The molecule has 0 fully saturated rings. The summed E-state index contributed by atoms with van der Waals surface area (Å²) in [5.41, 5.74) is 2.10. The van der Waals surface area contributed by atoms with Crippen molar-refractivity contribution in [3.8, 4) is 5.75 Å². The molecule has 0 aliphatic heterocycles. The van der Waals surface area contributed by atoms with Crippen LogP contribution in [-0.2, 0) is 0 Å². The zero-order valence-corrected chi connectivity index (χ0v) is 14.5. The molecule has 2 aromatic rings. The van der Waals surface area contributed by atoms with E-state index < -0.39 is 51.9 Å². The zero-order chi connectivity index (χ0) is 30.2. The van der Waals surface area contributed by atoms with Gasteiger partial charge in [0.15, 0.2) is 0 Å². The Balaban J connectivity index is 2.86. The third-order valence-corrected chi connectivity index (χ3v) is 4.14. The average Bonchev–Trinajstić information content (AvgIpc) is 2.78. The van der Waals surface area contributed by atoms with Gasteiger partial charge in [-0.3, -0.25) is 4.90 Å². The topological polar surface area (TPSA) is 12.5 Å². The van der Waals surface area contributed by atoms with Crippen molar-refractivity contribution in [3.05, 3.63) is 65.2 Å². The van der Waals surface area contributed by atoms with Crippen LogP contribution in [0.5, 0.6) is 5.75 Å². The van der Waals surface area contributed by atoms with Crippen LogP contribution in [-0.4, -0.2) is 30.6 Å². The Morgan fingerprint density at radius 1 is 1.04 bits per heavy atom. The second-order valence-electron chi connectivity index (χ2n) is 5.85. The molecule has 25 heavy (non-hydrogen) atoms. The minimum Gasteiger partial charge on any atom is -0.496 e. The van der Waals surface area contributed by atoms with Gasteiger partial charge in [-0.25, -0.2) is 0 Å². The van der Waals surface area contributed by atoms with Crippen molar-refractivity contribution in [1.82, 2.24) is 4.90 Å². The Kier molecular flexibility index (Phi) is 2.84. The molecule has 2 aromatic carbocycles. The van der Waals surface area contributed by atoms with E-state index in [4.69, 9.17) is 23.9 Å². The zero-order valence-electron chi connectivity index (χ0n) is 28.5. The van der Waals surface area contributed by atoms with Crippen LogP contribution in [0.25, 0.3) is 0 Å². The summed E-state index contributed by atoms with van der Waals surface area (Å²) in [6.07, 6.45) is -0.233. The number of nitrogens with zero attached hydrogens (tertiary/aromatic N) is 1. The first-order chi connectivity index (χ1) is 17.5. The molecule has 0 heterocycles. The van der Waals surface area contributed by atoms with E-state index in [1.165, 1.54) is 7.11 Å². The minimum atomic E-state index is -3.75. The molecule has 0 spiro atoms. The van der Waals surface area contributed by atoms with Crippen molar-refractivity contribution < 1.29 is 23.9 Å². The highest BCUT2D eigenvalue weighted by molar-refractivity contribution is 5.44. The smallest absolute Gasteiger partial charge is 0.122 e. The van der Waals surface area contributed by atoms with Gasteiger partial charge in [-0.05, 0) is 58.9 Å². The first-order valence-corrected chi connectivity index (χ1v) is 8.01. The largest absolute Gasteiger partial charge is 0.496 e. The summed E-state index contributed by atoms with van der Waals surface area (Å²) in [6, 6.07) is 6.54. The molecule has 0 aromatic heterocycles. The molecule has 0 radical (unpaired) electrons.